The number of benzene rings is 2. The number of ketones is 1. The maximum absolute atomic E-state index is 12.8. The van der Waals surface area contributed by atoms with Gasteiger partial charge in [0.1, 0.15) is 0 Å². The molecule has 1 aliphatic rings. The van der Waals surface area contributed by atoms with Gasteiger partial charge in [0.15, 0.2) is 5.78 Å². The van der Waals surface area contributed by atoms with Gasteiger partial charge in [-0.3, -0.25) is 4.79 Å². The molecule has 0 amide bonds. The number of sulfonamides is 1. The van der Waals surface area contributed by atoms with Gasteiger partial charge in [0.05, 0.1) is 4.90 Å². The number of carbonyl (C=O) groups excluding carboxylic acids is 1. The summed E-state index contributed by atoms with van der Waals surface area (Å²) in [6.07, 6.45) is 2.65. The second-order valence-corrected chi connectivity index (χ2v) is 9.06. The zero-order valence-corrected chi connectivity index (χ0v) is 16.1. The molecule has 2 aromatic carbocycles. The fourth-order valence-electron chi connectivity index (χ4n) is 3.42. The van der Waals surface area contributed by atoms with Crippen LogP contribution < -0.4 is 0 Å². The second-order valence-electron chi connectivity index (χ2n) is 7.12. The first-order valence-electron chi connectivity index (χ1n) is 9.03. The molecule has 1 heterocycles. The maximum atomic E-state index is 12.8. The number of nitrogens with zero attached hydrogens (tertiary/aromatic N) is 1. The van der Waals surface area contributed by atoms with Gasteiger partial charge in [-0.2, -0.15) is 4.31 Å². The van der Waals surface area contributed by atoms with Crippen molar-refractivity contribution in [2.75, 3.05) is 13.1 Å². The molecule has 1 aliphatic heterocycles. The van der Waals surface area contributed by atoms with Gasteiger partial charge in [-0.05, 0) is 56.7 Å². The van der Waals surface area contributed by atoms with Crippen molar-refractivity contribution in [3.05, 3.63) is 65.2 Å². The molecule has 0 aromatic heterocycles. The summed E-state index contributed by atoms with van der Waals surface area (Å²) in [5.41, 5.74) is 2.99. The molecule has 3 rings (SSSR count). The Morgan fingerprint density at radius 1 is 1.00 bits per heavy atom. The lowest BCUT2D eigenvalue weighted by Gasteiger charge is -2.31. The molecule has 1 saturated heterocycles. The van der Waals surface area contributed by atoms with E-state index in [0.717, 1.165) is 30.4 Å². The molecule has 0 radical (unpaired) electrons. The Labute approximate surface area is 155 Å². The van der Waals surface area contributed by atoms with Crippen molar-refractivity contribution >= 4 is 15.8 Å². The standard InChI is InChI=1S/C21H25NO3S/c1-16-3-9-21(10-4-16)26(24,25)22-13-11-19(12-14-22)15-18-5-7-20(8-6-18)17(2)23/h3-10,19H,11-15H2,1-2H3. The molecule has 0 aliphatic carbocycles. The average molecular weight is 372 g/mol. The van der Waals surface area contributed by atoms with Crippen molar-refractivity contribution < 1.29 is 13.2 Å². The van der Waals surface area contributed by atoms with E-state index >= 15 is 0 Å². The van der Waals surface area contributed by atoms with Gasteiger partial charge in [0.25, 0.3) is 0 Å². The van der Waals surface area contributed by atoms with Crippen molar-refractivity contribution in [3.8, 4) is 0 Å². The first-order chi connectivity index (χ1) is 12.4. The SMILES string of the molecule is CC(=O)c1ccc(CC2CCN(S(=O)(=O)c3ccc(C)cc3)CC2)cc1. The highest BCUT2D eigenvalue weighted by molar-refractivity contribution is 7.89. The summed E-state index contributed by atoms with van der Waals surface area (Å²) >= 11 is 0. The first kappa shape index (κ1) is 18.8. The molecule has 26 heavy (non-hydrogen) atoms. The number of hydrogen-bond acceptors (Lipinski definition) is 3. The number of piperidine rings is 1. The van der Waals surface area contributed by atoms with Crippen LogP contribution in [0.5, 0.6) is 0 Å². The van der Waals surface area contributed by atoms with Gasteiger partial charge in [-0.15, -0.1) is 0 Å². The van der Waals surface area contributed by atoms with Crippen LogP contribution in [-0.4, -0.2) is 31.6 Å². The number of aryl methyl sites for hydroxylation is 1. The van der Waals surface area contributed by atoms with Crippen molar-refractivity contribution in [1.82, 2.24) is 4.31 Å². The topological polar surface area (TPSA) is 54.5 Å². The zero-order chi connectivity index (χ0) is 18.7. The summed E-state index contributed by atoms with van der Waals surface area (Å²) < 4.78 is 27.1. The van der Waals surface area contributed by atoms with Gasteiger partial charge < -0.3 is 0 Å². The first-order valence-corrected chi connectivity index (χ1v) is 10.5. The third-order valence-electron chi connectivity index (χ3n) is 5.12. The Balaban J connectivity index is 1.60. The summed E-state index contributed by atoms with van der Waals surface area (Å²) in [5, 5.41) is 0. The third-order valence-corrected chi connectivity index (χ3v) is 7.03. The molecule has 4 nitrogen and oxygen atoms in total. The average Bonchev–Trinajstić information content (AvgIpc) is 2.63. The lowest BCUT2D eigenvalue weighted by Crippen LogP contribution is -2.38. The van der Waals surface area contributed by atoms with E-state index in [4.69, 9.17) is 0 Å². The summed E-state index contributed by atoms with van der Waals surface area (Å²) in [4.78, 5) is 11.7. The van der Waals surface area contributed by atoms with Crippen LogP contribution in [-0.2, 0) is 16.4 Å². The normalized spacial score (nSPS) is 16.5. The molecule has 1 fully saturated rings. The Bertz CT molecular complexity index is 862. The molecule has 0 atom stereocenters. The van der Waals surface area contributed by atoms with Crippen LogP contribution in [0.25, 0.3) is 0 Å². The third kappa shape index (κ3) is 4.22. The molecule has 138 valence electrons. The zero-order valence-electron chi connectivity index (χ0n) is 15.3. The minimum absolute atomic E-state index is 0.0752. The molecule has 2 aromatic rings. The van der Waals surface area contributed by atoms with Crippen LogP contribution in [0.3, 0.4) is 0 Å². The minimum Gasteiger partial charge on any atom is -0.295 e. The maximum Gasteiger partial charge on any atom is 0.243 e. The van der Waals surface area contributed by atoms with Crippen molar-refractivity contribution in [3.63, 3.8) is 0 Å². The van der Waals surface area contributed by atoms with Crippen LogP contribution in [0, 0.1) is 12.8 Å². The summed E-state index contributed by atoms with van der Waals surface area (Å²) in [6.45, 7) is 4.64. The van der Waals surface area contributed by atoms with Crippen LogP contribution >= 0.6 is 0 Å². The van der Waals surface area contributed by atoms with Gasteiger partial charge in [0, 0.05) is 18.7 Å². The van der Waals surface area contributed by atoms with E-state index in [9.17, 15) is 13.2 Å². The number of rotatable bonds is 5. The van der Waals surface area contributed by atoms with E-state index in [0.29, 0.717) is 23.9 Å². The van der Waals surface area contributed by atoms with E-state index in [-0.39, 0.29) is 5.78 Å². The second kappa shape index (κ2) is 7.72. The van der Waals surface area contributed by atoms with E-state index in [1.165, 1.54) is 5.56 Å². The highest BCUT2D eigenvalue weighted by Gasteiger charge is 2.29. The number of Topliss-reactive ketones (excluding diaryl/α,β-unsaturated/α-hetero) is 1. The smallest absolute Gasteiger partial charge is 0.243 e. The number of hydrogen-bond donors (Lipinski definition) is 0. The molecule has 0 saturated carbocycles. The molecule has 0 unspecified atom stereocenters. The quantitative estimate of drug-likeness (QED) is 0.751. The largest absolute Gasteiger partial charge is 0.295 e. The fourth-order valence-corrected chi connectivity index (χ4v) is 4.89. The van der Waals surface area contributed by atoms with Crippen LogP contribution in [0.15, 0.2) is 53.4 Å². The van der Waals surface area contributed by atoms with E-state index < -0.39 is 10.0 Å². The molecular formula is C21H25NO3S. The lowest BCUT2D eigenvalue weighted by atomic mass is 9.90. The Kier molecular flexibility index (Phi) is 5.58. The van der Waals surface area contributed by atoms with E-state index in [1.807, 2.05) is 43.3 Å². The predicted molar refractivity (Wildman–Crippen MR) is 103 cm³/mol. The highest BCUT2D eigenvalue weighted by atomic mass is 32.2. The fraction of sp³-hybridized carbons (Fsp3) is 0.381. The monoisotopic (exact) mass is 371 g/mol. The van der Waals surface area contributed by atoms with Gasteiger partial charge in [0.2, 0.25) is 10.0 Å². The van der Waals surface area contributed by atoms with Crippen molar-refractivity contribution in [2.24, 2.45) is 5.92 Å². The van der Waals surface area contributed by atoms with Crippen LogP contribution in [0.4, 0.5) is 0 Å². The van der Waals surface area contributed by atoms with E-state index in [1.54, 1.807) is 23.4 Å². The summed E-state index contributed by atoms with van der Waals surface area (Å²) in [6, 6.07) is 14.8. The Hall–Kier alpha value is -1.98. The van der Waals surface area contributed by atoms with Crippen LogP contribution in [0.1, 0.15) is 41.3 Å². The predicted octanol–water partition coefficient (Wildman–Crippen LogP) is 3.84. The molecule has 0 spiro atoms. The molecule has 0 bridgehead atoms. The Morgan fingerprint density at radius 2 is 1.58 bits per heavy atom. The highest BCUT2D eigenvalue weighted by Crippen LogP contribution is 2.26. The minimum atomic E-state index is -3.39. The summed E-state index contributed by atoms with van der Waals surface area (Å²) in [5.74, 6) is 0.550. The van der Waals surface area contributed by atoms with Crippen molar-refractivity contribution in [1.29, 1.82) is 0 Å². The van der Waals surface area contributed by atoms with Crippen molar-refractivity contribution in [2.45, 2.75) is 38.0 Å². The van der Waals surface area contributed by atoms with Gasteiger partial charge in [-0.25, -0.2) is 8.42 Å². The van der Waals surface area contributed by atoms with Crippen LogP contribution in [0.2, 0.25) is 0 Å². The molecular weight excluding hydrogens is 346 g/mol. The molecule has 0 N–H and O–H groups in total. The van der Waals surface area contributed by atoms with Gasteiger partial charge >= 0.3 is 0 Å². The number of carbonyl (C=O) groups is 1. The lowest BCUT2D eigenvalue weighted by molar-refractivity contribution is 0.101. The summed E-state index contributed by atoms with van der Waals surface area (Å²) in [7, 11) is -3.39. The Morgan fingerprint density at radius 3 is 2.12 bits per heavy atom. The van der Waals surface area contributed by atoms with Gasteiger partial charge in [-0.1, -0.05) is 42.0 Å². The molecule has 5 heteroatoms. The van der Waals surface area contributed by atoms with E-state index in [2.05, 4.69) is 0 Å².